The average Bonchev–Trinajstić information content (AvgIpc) is 2.62. The van der Waals surface area contributed by atoms with Crippen molar-refractivity contribution < 1.29 is 23.4 Å². The minimum Gasteiger partial charge on any atom is -0.479 e. The molecule has 3 aromatic rings. The van der Waals surface area contributed by atoms with Gasteiger partial charge in [0.15, 0.2) is 6.10 Å². The number of rotatable bonds is 5. The van der Waals surface area contributed by atoms with Gasteiger partial charge in [-0.3, -0.25) is 0 Å². The highest BCUT2D eigenvalue weighted by atomic mass is 19.1. The molecule has 0 saturated heterocycles. The van der Waals surface area contributed by atoms with Crippen molar-refractivity contribution >= 4 is 16.9 Å². The largest absolute Gasteiger partial charge is 0.479 e. The summed E-state index contributed by atoms with van der Waals surface area (Å²) >= 11 is 0. The Morgan fingerprint density at radius 2 is 1.76 bits per heavy atom. The van der Waals surface area contributed by atoms with Gasteiger partial charge < -0.3 is 14.2 Å². The summed E-state index contributed by atoms with van der Waals surface area (Å²) in [6.45, 7) is 1.61. The second-order valence-electron chi connectivity index (χ2n) is 5.34. The van der Waals surface area contributed by atoms with E-state index >= 15 is 0 Å². The smallest absolute Gasteiger partial charge is 0.346 e. The Balaban J connectivity index is 1.71. The van der Waals surface area contributed by atoms with Crippen molar-refractivity contribution in [1.29, 1.82) is 0 Å². The fourth-order valence-corrected chi connectivity index (χ4v) is 2.26. The van der Waals surface area contributed by atoms with E-state index in [4.69, 9.17) is 9.47 Å². The first-order valence-electron chi connectivity index (χ1n) is 7.64. The molecule has 0 bridgehead atoms. The molecule has 1 atom stereocenters. The van der Waals surface area contributed by atoms with E-state index in [1.54, 1.807) is 49.4 Å². The molecular formula is C19H16FNO4. The Bertz CT molecular complexity index is 896. The number of hydrogen-bond acceptors (Lipinski definition) is 5. The zero-order chi connectivity index (χ0) is 17.8. The van der Waals surface area contributed by atoms with E-state index in [1.165, 1.54) is 19.2 Å². The minimum absolute atomic E-state index is 0.306. The molecule has 3 rings (SSSR count). The summed E-state index contributed by atoms with van der Waals surface area (Å²) in [6.07, 6.45) is -0.695. The van der Waals surface area contributed by atoms with Gasteiger partial charge >= 0.3 is 5.97 Å². The third kappa shape index (κ3) is 4.03. The van der Waals surface area contributed by atoms with Crippen molar-refractivity contribution in [3.8, 4) is 17.4 Å². The van der Waals surface area contributed by atoms with Crippen LogP contribution < -0.4 is 9.47 Å². The van der Waals surface area contributed by atoms with Gasteiger partial charge in [-0.25, -0.2) is 14.2 Å². The summed E-state index contributed by atoms with van der Waals surface area (Å²) in [4.78, 5) is 15.7. The number of aromatic nitrogens is 1. The first-order chi connectivity index (χ1) is 12.0. The van der Waals surface area contributed by atoms with E-state index in [9.17, 15) is 9.18 Å². The lowest BCUT2D eigenvalue weighted by Crippen LogP contribution is -2.24. The van der Waals surface area contributed by atoms with Gasteiger partial charge in [0.25, 0.3) is 0 Å². The molecule has 2 aromatic carbocycles. The number of hydrogen-bond donors (Lipinski definition) is 0. The van der Waals surface area contributed by atoms with Gasteiger partial charge in [-0.15, -0.1) is 0 Å². The second-order valence-corrected chi connectivity index (χ2v) is 5.34. The maximum absolute atomic E-state index is 13.2. The molecule has 6 heteroatoms. The molecule has 0 fully saturated rings. The summed E-state index contributed by atoms with van der Waals surface area (Å²) in [5.74, 6) is 0.729. The Labute approximate surface area is 144 Å². The van der Waals surface area contributed by atoms with Crippen LogP contribution >= 0.6 is 0 Å². The minimum atomic E-state index is -0.695. The van der Waals surface area contributed by atoms with Crippen LogP contribution in [0.2, 0.25) is 0 Å². The zero-order valence-corrected chi connectivity index (χ0v) is 13.7. The molecule has 1 aromatic heterocycles. The Morgan fingerprint density at radius 1 is 1.04 bits per heavy atom. The van der Waals surface area contributed by atoms with Crippen LogP contribution in [0.25, 0.3) is 10.9 Å². The van der Waals surface area contributed by atoms with E-state index in [2.05, 4.69) is 9.72 Å². The van der Waals surface area contributed by atoms with Crippen LogP contribution in [0.4, 0.5) is 4.39 Å². The molecule has 128 valence electrons. The van der Waals surface area contributed by atoms with Crippen LogP contribution in [0.1, 0.15) is 6.92 Å². The fraction of sp³-hybridized carbons (Fsp3) is 0.158. The van der Waals surface area contributed by atoms with Crippen molar-refractivity contribution in [2.75, 3.05) is 7.11 Å². The summed E-state index contributed by atoms with van der Waals surface area (Å²) in [5.41, 5.74) is 0.644. The number of benzene rings is 2. The molecule has 0 amide bonds. The highest BCUT2D eigenvalue weighted by molar-refractivity contribution is 5.79. The standard InChI is InChI=1S/C19H16FNO4/c1-12(19(22)23-2)24-15-5-7-16(8-6-15)25-18-10-3-13-11-14(20)4-9-17(13)21-18/h3-12H,1-2H3. The lowest BCUT2D eigenvalue weighted by molar-refractivity contribution is -0.147. The van der Waals surface area contributed by atoms with Crippen LogP contribution in [0.15, 0.2) is 54.6 Å². The van der Waals surface area contributed by atoms with Gasteiger partial charge in [-0.1, -0.05) is 0 Å². The molecular weight excluding hydrogens is 325 g/mol. The van der Waals surface area contributed by atoms with Gasteiger partial charge in [0.2, 0.25) is 5.88 Å². The van der Waals surface area contributed by atoms with Crippen molar-refractivity contribution in [3.05, 3.63) is 60.4 Å². The normalized spacial score (nSPS) is 11.8. The molecule has 5 nitrogen and oxygen atoms in total. The number of ether oxygens (including phenoxy) is 3. The van der Waals surface area contributed by atoms with Gasteiger partial charge in [0, 0.05) is 11.5 Å². The summed E-state index contributed by atoms with van der Waals surface area (Å²) in [6, 6.07) is 14.6. The quantitative estimate of drug-likeness (QED) is 0.654. The topological polar surface area (TPSA) is 57.7 Å². The number of nitrogens with zero attached hydrogens (tertiary/aromatic N) is 1. The molecule has 0 aliphatic rings. The Morgan fingerprint density at radius 3 is 2.48 bits per heavy atom. The second kappa shape index (κ2) is 7.17. The lowest BCUT2D eigenvalue weighted by Gasteiger charge is -2.12. The summed E-state index contributed by atoms with van der Waals surface area (Å²) < 4.78 is 28.9. The monoisotopic (exact) mass is 341 g/mol. The van der Waals surface area contributed by atoms with E-state index < -0.39 is 12.1 Å². The molecule has 0 aliphatic heterocycles. The van der Waals surface area contributed by atoms with E-state index in [-0.39, 0.29) is 5.82 Å². The van der Waals surface area contributed by atoms with Crippen LogP contribution in [-0.2, 0) is 9.53 Å². The first kappa shape index (κ1) is 16.7. The van der Waals surface area contributed by atoms with E-state index in [0.29, 0.717) is 28.3 Å². The Hall–Kier alpha value is -3.15. The molecule has 0 radical (unpaired) electrons. The van der Waals surface area contributed by atoms with Gasteiger partial charge in [0.05, 0.1) is 12.6 Å². The maximum Gasteiger partial charge on any atom is 0.346 e. The van der Waals surface area contributed by atoms with E-state index in [1.807, 2.05) is 0 Å². The molecule has 0 aliphatic carbocycles. The predicted octanol–water partition coefficient (Wildman–Crippen LogP) is 4.11. The van der Waals surface area contributed by atoms with Gasteiger partial charge in [-0.05, 0) is 55.5 Å². The van der Waals surface area contributed by atoms with E-state index in [0.717, 1.165) is 0 Å². The van der Waals surface area contributed by atoms with Crippen molar-refractivity contribution in [2.24, 2.45) is 0 Å². The molecule has 0 spiro atoms. The molecule has 1 heterocycles. The fourth-order valence-electron chi connectivity index (χ4n) is 2.26. The predicted molar refractivity (Wildman–Crippen MR) is 90.3 cm³/mol. The number of halogens is 1. The highest BCUT2D eigenvalue weighted by Gasteiger charge is 2.14. The lowest BCUT2D eigenvalue weighted by atomic mass is 10.2. The van der Waals surface area contributed by atoms with Crippen LogP contribution in [0, 0.1) is 5.82 Å². The van der Waals surface area contributed by atoms with Gasteiger partial charge in [-0.2, -0.15) is 0 Å². The number of methoxy groups -OCH3 is 1. The molecule has 0 saturated carbocycles. The Kier molecular flexibility index (Phi) is 4.79. The maximum atomic E-state index is 13.2. The number of carbonyl (C=O) groups is 1. The third-order valence-corrected chi connectivity index (χ3v) is 3.52. The molecule has 1 unspecified atom stereocenters. The van der Waals surface area contributed by atoms with Crippen LogP contribution in [-0.4, -0.2) is 24.2 Å². The highest BCUT2D eigenvalue weighted by Crippen LogP contribution is 2.25. The summed E-state index contributed by atoms with van der Waals surface area (Å²) in [5, 5.41) is 0.702. The number of pyridine rings is 1. The van der Waals surface area contributed by atoms with Crippen molar-refractivity contribution in [3.63, 3.8) is 0 Å². The average molecular weight is 341 g/mol. The third-order valence-electron chi connectivity index (χ3n) is 3.52. The van der Waals surface area contributed by atoms with Crippen LogP contribution in [0.3, 0.4) is 0 Å². The summed E-state index contributed by atoms with van der Waals surface area (Å²) in [7, 11) is 1.31. The molecule has 25 heavy (non-hydrogen) atoms. The number of esters is 1. The van der Waals surface area contributed by atoms with Gasteiger partial charge in [0.1, 0.15) is 17.3 Å². The number of carbonyl (C=O) groups excluding carboxylic acids is 1. The van der Waals surface area contributed by atoms with Crippen molar-refractivity contribution in [1.82, 2.24) is 4.98 Å². The molecule has 0 N–H and O–H groups in total. The first-order valence-corrected chi connectivity index (χ1v) is 7.64. The van der Waals surface area contributed by atoms with Crippen molar-refractivity contribution in [2.45, 2.75) is 13.0 Å². The number of fused-ring (bicyclic) bond motifs is 1. The SMILES string of the molecule is COC(=O)C(C)Oc1ccc(Oc2ccc3cc(F)ccc3n2)cc1. The van der Waals surface area contributed by atoms with Crippen LogP contribution in [0.5, 0.6) is 17.4 Å². The zero-order valence-electron chi connectivity index (χ0n) is 13.7.